The molecule has 0 aromatic carbocycles. The van der Waals surface area contributed by atoms with E-state index in [1.165, 1.54) is 37.9 Å². The van der Waals surface area contributed by atoms with Gasteiger partial charge >= 0.3 is 0 Å². The van der Waals surface area contributed by atoms with Crippen LogP contribution in [0.4, 0.5) is 0 Å². The molecule has 0 aliphatic heterocycles. The Kier molecular flexibility index (Phi) is 5.98. The fraction of sp³-hybridized carbons (Fsp3) is 0.778. The minimum absolute atomic E-state index is 0.172. The van der Waals surface area contributed by atoms with Gasteiger partial charge in [-0.3, -0.25) is 0 Å². The lowest BCUT2D eigenvalue weighted by atomic mass is 9.50. The van der Waals surface area contributed by atoms with Crippen LogP contribution in [0.15, 0.2) is 23.5 Å². The van der Waals surface area contributed by atoms with Crippen LogP contribution in [0.5, 0.6) is 0 Å². The van der Waals surface area contributed by atoms with Crippen molar-refractivity contribution in [2.75, 3.05) is 0 Å². The third kappa shape index (κ3) is 4.04. The Hall–Kier alpha value is -0.766. The second-order valence-electron chi connectivity index (χ2n) is 12.6. The van der Waals surface area contributed by atoms with Gasteiger partial charge in [-0.25, -0.2) is 0 Å². The van der Waals surface area contributed by atoms with E-state index in [9.17, 15) is 0 Å². The molecule has 6 atom stereocenters. The van der Waals surface area contributed by atoms with E-state index in [2.05, 4.69) is 64.3 Å². The van der Waals surface area contributed by atoms with Gasteiger partial charge in [0.1, 0.15) is 5.60 Å². The maximum Gasteiger partial charge on any atom is 0.241 e. The van der Waals surface area contributed by atoms with Crippen molar-refractivity contribution in [2.45, 2.75) is 103 Å². The molecule has 0 saturated heterocycles. The van der Waals surface area contributed by atoms with Gasteiger partial charge in [-0.15, -0.1) is 6.42 Å². The fourth-order valence-electron chi connectivity index (χ4n) is 7.86. The lowest BCUT2D eigenvalue weighted by molar-refractivity contribution is -0.0855. The third-order valence-electron chi connectivity index (χ3n) is 8.69. The van der Waals surface area contributed by atoms with Crippen LogP contribution in [0.2, 0.25) is 39.3 Å². The van der Waals surface area contributed by atoms with Gasteiger partial charge in [0.15, 0.2) is 8.32 Å². The fourth-order valence-corrected chi connectivity index (χ4v) is 10.2. The van der Waals surface area contributed by atoms with Gasteiger partial charge in [0, 0.05) is 11.8 Å². The van der Waals surface area contributed by atoms with Gasteiger partial charge in [-0.1, -0.05) is 18.9 Å². The Morgan fingerprint density at radius 1 is 1.03 bits per heavy atom. The molecule has 0 spiro atoms. The summed E-state index contributed by atoms with van der Waals surface area (Å²) in [5.74, 6) is 7.55. The molecular weight excluding hydrogens is 412 g/mol. The zero-order chi connectivity index (χ0) is 22.7. The van der Waals surface area contributed by atoms with E-state index < -0.39 is 16.6 Å². The Morgan fingerprint density at radius 2 is 1.77 bits per heavy atom. The van der Waals surface area contributed by atoms with Crippen LogP contribution >= 0.6 is 0 Å². The van der Waals surface area contributed by atoms with Crippen molar-refractivity contribution in [1.82, 2.24) is 0 Å². The molecule has 4 heteroatoms. The summed E-state index contributed by atoms with van der Waals surface area (Å²) >= 11 is 0. The van der Waals surface area contributed by atoms with Crippen molar-refractivity contribution in [1.29, 1.82) is 0 Å². The molecule has 0 bridgehead atoms. The second-order valence-corrected chi connectivity index (χ2v) is 21.5. The molecule has 0 heterocycles. The Morgan fingerprint density at radius 3 is 2.39 bits per heavy atom. The van der Waals surface area contributed by atoms with Crippen LogP contribution in [0.1, 0.15) is 58.3 Å². The van der Waals surface area contributed by atoms with E-state index in [0.29, 0.717) is 5.92 Å². The van der Waals surface area contributed by atoms with Crippen LogP contribution in [-0.2, 0) is 8.85 Å². The van der Waals surface area contributed by atoms with Gasteiger partial charge in [-0.05, 0) is 120 Å². The summed E-state index contributed by atoms with van der Waals surface area (Å²) in [7, 11) is -3.26. The van der Waals surface area contributed by atoms with Crippen LogP contribution < -0.4 is 0 Å². The maximum atomic E-state index is 6.91. The average Bonchev–Trinajstić information content (AvgIpc) is 2.99. The third-order valence-corrected chi connectivity index (χ3v) is 10.5. The summed E-state index contributed by atoms with van der Waals surface area (Å²) in [5, 5.41) is 0. The summed E-state index contributed by atoms with van der Waals surface area (Å²) in [5.41, 5.74) is 1.41. The highest BCUT2D eigenvalue weighted by Gasteiger charge is 2.64. The molecule has 4 aliphatic rings. The molecule has 0 amide bonds. The van der Waals surface area contributed by atoms with Gasteiger partial charge in [0.2, 0.25) is 8.32 Å². The van der Waals surface area contributed by atoms with E-state index in [0.717, 1.165) is 37.0 Å². The minimum atomic E-state index is -1.73. The topological polar surface area (TPSA) is 18.5 Å². The highest BCUT2D eigenvalue weighted by atomic mass is 28.4. The van der Waals surface area contributed by atoms with Crippen molar-refractivity contribution >= 4 is 16.6 Å². The largest absolute Gasteiger partial charge is 0.547 e. The summed E-state index contributed by atoms with van der Waals surface area (Å²) in [4.78, 5) is 0. The molecule has 2 nitrogen and oxygen atoms in total. The Bertz CT molecular complexity index is 809. The van der Waals surface area contributed by atoms with E-state index in [-0.39, 0.29) is 11.0 Å². The van der Waals surface area contributed by atoms with Crippen molar-refractivity contribution in [2.24, 2.45) is 29.1 Å². The van der Waals surface area contributed by atoms with E-state index in [1.54, 1.807) is 5.57 Å². The lowest BCUT2D eigenvalue weighted by Crippen LogP contribution is -2.56. The summed E-state index contributed by atoms with van der Waals surface area (Å²) < 4.78 is 13.3. The van der Waals surface area contributed by atoms with Gasteiger partial charge in [0.05, 0.1) is 5.76 Å². The molecule has 172 valence electrons. The number of hydrogen-bond donors (Lipinski definition) is 0. The number of fused-ring (bicyclic) bond motifs is 5. The molecule has 31 heavy (non-hydrogen) atoms. The van der Waals surface area contributed by atoms with E-state index in [4.69, 9.17) is 15.3 Å². The first kappa shape index (κ1) is 23.4. The Labute approximate surface area is 193 Å². The quantitative estimate of drug-likeness (QED) is 0.314. The van der Waals surface area contributed by atoms with Crippen molar-refractivity contribution in [3.63, 3.8) is 0 Å². The van der Waals surface area contributed by atoms with Crippen LogP contribution in [0.3, 0.4) is 0 Å². The number of terminal acetylenes is 1. The molecule has 4 rings (SSSR count). The number of allylic oxidation sites excluding steroid dienone is 4. The molecular formula is C27H44O2Si2. The van der Waals surface area contributed by atoms with E-state index >= 15 is 0 Å². The van der Waals surface area contributed by atoms with Crippen LogP contribution in [-0.4, -0.2) is 22.2 Å². The second kappa shape index (κ2) is 7.92. The SMILES string of the molecule is C#CC1(O[Si](C)(C)C)CCC2C3CC=C4C=C(O[Si](C)(C)C)CCC4C3CCC21CC. The standard InChI is InChI=1S/C27H44O2Si2/c1-9-26-17-15-23-22-14-12-21(28-30(3,4)5)19-20(22)11-13-24(23)25(26)16-18-27(26,10-2)29-31(6,7)8/h2,11,19,22-25H,9,12-18H2,1,3-8H3. The van der Waals surface area contributed by atoms with Crippen molar-refractivity contribution in [3.05, 3.63) is 23.5 Å². The molecule has 0 radical (unpaired) electrons. The zero-order valence-electron chi connectivity index (χ0n) is 21.0. The number of rotatable bonds is 5. The molecule has 4 aliphatic carbocycles. The van der Waals surface area contributed by atoms with Crippen molar-refractivity contribution < 1.29 is 8.85 Å². The predicted molar refractivity (Wildman–Crippen MR) is 136 cm³/mol. The first-order chi connectivity index (χ1) is 14.4. The normalized spacial score (nSPS) is 40.1. The van der Waals surface area contributed by atoms with Crippen molar-refractivity contribution in [3.8, 4) is 12.3 Å². The zero-order valence-corrected chi connectivity index (χ0v) is 23.0. The minimum Gasteiger partial charge on any atom is -0.547 e. The highest BCUT2D eigenvalue weighted by Crippen LogP contribution is 2.67. The molecule has 2 saturated carbocycles. The summed E-state index contributed by atoms with van der Waals surface area (Å²) in [6, 6.07) is 0. The molecule has 2 fully saturated rings. The smallest absolute Gasteiger partial charge is 0.241 e. The van der Waals surface area contributed by atoms with Gasteiger partial charge in [0.25, 0.3) is 0 Å². The Balaban J connectivity index is 1.62. The molecule has 0 aromatic rings. The summed E-state index contributed by atoms with van der Waals surface area (Å²) in [6.07, 6.45) is 20.9. The van der Waals surface area contributed by atoms with Crippen LogP contribution in [0.25, 0.3) is 0 Å². The molecule has 0 N–H and O–H groups in total. The molecule has 0 aromatic heterocycles. The van der Waals surface area contributed by atoms with E-state index in [1.807, 2.05) is 0 Å². The average molecular weight is 457 g/mol. The maximum absolute atomic E-state index is 6.91. The first-order valence-corrected chi connectivity index (χ1v) is 19.5. The summed E-state index contributed by atoms with van der Waals surface area (Å²) in [6.45, 7) is 16.2. The first-order valence-electron chi connectivity index (χ1n) is 12.7. The van der Waals surface area contributed by atoms with Gasteiger partial charge < -0.3 is 8.85 Å². The molecule has 6 unspecified atom stereocenters. The van der Waals surface area contributed by atoms with Gasteiger partial charge in [-0.2, -0.15) is 0 Å². The predicted octanol–water partition coefficient (Wildman–Crippen LogP) is 7.52. The number of hydrogen-bond acceptors (Lipinski definition) is 2. The monoisotopic (exact) mass is 456 g/mol. The lowest BCUT2D eigenvalue weighted by Gasteiger charge is -2.57. The highest BCUT2D eigenvalue weighted by molar-refractivity contribution is 6.70. The van der Waals surface area contributed by atoms with Crippen LogP contribution in [0, 0.1) is 41.4 Å².